The Morgan fingerprint density at radius 3 is 2.65 bits per heavy atom. The van der Waals surface area contributed by atoms with Gasteiger partial charge in [-0.25, -0.2) is 0 Å². The molecule has 0 aliphatic carbocycles. The molecule has 1 saturated heterocycles. The fourth-order valence-electron chi connectivity index (χ4n) is 3.46. The molecular formula is C19H21N3O4. The second-order valence-corrected chi connectivity index (χ2v) is 6.37. The van der Waals surface area contributed by atoms with Gasteiger partial charge in [0.25, 0.3) is 5.69 Å². The highest BCUT2D eigenvalue weighted by Crippen LogP contribution is 2.35. The smallest absolute Gasteiger partial charge is 0.274 e. The average molecular weight is 355 g/mol. The Kier molecular flexibility index (Phi) is 5.18. The number of ether oxygens (including phenoxy) is 1. The topological polar surface area (TPSA) is 98.7 Å². The molecule has 136 valence electrons. The molecule has 2 N–H and O–H groups in total. The Labute approximate surface area is 151 Å². The summed E-state index contributed by atoms with van der Waals surface area (Å²) in [5.41, 5.74) is 7.07. The maximum absolute atomic E-state index is 11.4. The van der Waals surface area contributed by atoms with Gasteiger partial charge in [0.1, 0.15) is 5.75 Å². The highest BCUT2D eigenvalue weighted by atomic mass is 16.6. The van der Waals surface area contributed by atoms with Crippen LogP contribution in [0.25, 0.3) is 0 Å². The number of carbonyl (C=O) groups is 1. The van der Waals surface area contributed by atoms with Crippen LogP contribution in [0.15, 0.2) is 42.5 Å². The van der Waals surface area contributed by atoms with Crippen LogP contribution in [0.1, 0.15) is 40.4 Å². The maximum Gasteiger partial charge on any atom is 0.274 e. The molecule has 0 spiro atoms. The first-order valence-corrected chi connectivity index (χ1v) is 8.44. The Hall–Kier alpha value is -2.93. The van der Waals surface area contributed by atoms with E-state index in [1.807, 2.05) is 24.3 Å². The fourth-order valence-corrected chi connectivity index (χ4v) is 3.46. The molecule has 0 bridgehead atoms. The number of primary amides is 1. The van der Waals surface area contributed by atoms with Crippen molar-refractivity contribution < 1.29 is 14.5 Å². The van der Waals surface area contributed by atoms with Gasteiger partial charge in [0.05, 0.1) is 12.0 Å². The van der Waals surface area contributed by atoms with Gasteiger partial charge in [0.15, 0.2) is 0 Å². The molecule has 0 radical (unpaired) electrons. The molecule has 1 aliphatic heterocycles. The van der Waals surface area contributed by atoms with Crippen LogP contribution in [0.2, 0.25) is 0 Å². The summed E-state index contributed by atoms with van der Waals surface area (Å²) in [5.74, 6) is 0.132. The standard InChI is InChI=1S/C19H21N3O4/c1-26-16-8-6-13(7-9-16)17-3-2-10-21(17)12-15-5-4-14(19(20)23)11-18(15)22(24)25/h4-9,11,17H,2-3,10,12H2,1H3,(H2,20,23). The van der Waals surface area contributed by atoms with Gasteiger partial charge in [-0.3, -0.25) is 19.8 Å². The molecule has 1 amide bonds. The molecule has 0 aromatic heterocycles. The van der Waals surface area contributed by atoms with E-state index in [0.29, 0.717) is 12.1 Å². The molecule has 7 nitrogen and oxygen atoms in total. The van der Waals surface area contributed by atoms with Gasteiger partial charge in [-0.1, -0.05) is 18.2 Å². The number of amides is 1. The summed E-state index contributed by atoms with van der Waals surface area (Å²) >= 11 is 0. The zero-order chi connectivity index (χ0) is 18.7. The van der Waals surface area contributed by atoms with E-state index >= 15 is 0 Å². The lowest BCUT2D eigenvalue weighted by atomic mass is 10.0. The zero-order valence-corrected chi connectivity index (χ0v) is 14.6. The van der Waals surface area contributed by atoms with E-state index in [-0.39, 0.29) is 17.3 Å². The number of hydrogen-bond donors (Lipinski definition) is 1. The molecule has 7 heteroatoms. The van der Waals surface area contributed by atoms with Crippen molar-refractivity contribution in [2.75, 3.05) is 13.7 Å². The number of nitro benzene ring substituents is 1. The van der Waals surface area contributed by atoms with Crippen molar-refractivity contribution in [1.29, 1.82) is 0 Å². The predicted octanol–water partition coefficient (Wildman–Crippen LogP) is 3.04. The van der Waals surface area contributed by atoms with Crippen LogP contribution in [0.3, 0.4) is 0 Å². The number of nitrogens with zero attached hydrogens (tertiary/aromatic N) is 2. The van der Waals surface area contributed by atoms with Gasteiger partial charge in [-0.2, -0.15) is 0 Å². The van der Waals surface area contributed by atoms with Crippen molar-refractivity contribution >= 4 is 11.6 Å². The van der Waals surface area contributed by atoms with E-state index in [2.05, 4.69) is 4.90 Å². The lowest BCUT2D eigenvalue weighted by molar-refractivity contribution is -0.385. The van der Waals surface area contributed by atoms with E-state index in [9.17, 15) is 14.9 Å². The molecule has 0 saturated carbocycles. The third kappa shape index (κ3) is 3.67. The molecule has 1 unspecified atom stereocenters. The van der Waals surface area contributed by atoms with E-state index in [4.69, 9.17) is 10.5 Å². The predicted molar refractivity (Wildman–Crippen MR) is 97.0 cm³/mol. The van der Waals surface area contributed by atoms with Crippen LogP contribution in [-0.4, -0.2) is 29.4 Å². The van der Waals surface area contributed by atoms with E-state index < -0.39 is 10.8 Å². The lowest BCUT2D eigenvalue weighted by Gasteiger charge is -2.25. The van der Waals surface area contributed by atoms with Crippen LogP contribution in [-0.2, 0) is 6.54 Å². The number of nitro groups is 1. The molecule has 2 aromatic carbocycles. The SMILES string of the molecule is COc1ccc(C2CCCN2Cc2ccc(C(N)=O)cc2[N+](=O)[O-])cc1. The van der Waals surface area contributed by atoms with Crippen LogP contribution in [0.5, 0.6) is 5.75 Å². The number of benzene rings is 2. The number of carbonyl (C=O) groups excluding carboxylic acids is 1. The number of hydrogen-bond acceptors (Lipinski definition) is 5. The largest absolute Gasteiger partial charge is 0.497 e. The molecule has 26 heavy (non-hydrogen) atoms. The van der Waals surface area contributed by atoms with E-state index in [1.54, 1.807) is 19.2 Å². The van der Waals surface area contributed by atoms with Gasteiger partial charge in [-0.05, 0) is 43.1 Å². The molecule has 2 aromatic rings. The molecule has 1 fully saturated rings. The fraction of sp³-hybridized carbons (Fsp3) is 0.316. The summed E-state index contributed by atoms with van der Waals surface area (Å²) in [7, 11) is 1.63. The van der Waals surface area contributed by atoms with Crippen LogP contribution in [0, 0.1) is 10.1 Å². The van der Waals surface area contributed by atoms with Gasteiger partial charge in [-0.15, -0.1) is 0 Å². The van der Waals surface area contributed by atoms with Gasteiger partial charge in [0.2, 0.25) is 5.91 Å². The van der Waals surface area contributed by atoms with Crippen LogP contribution < -0.4 is 10.5 Å². The molecule has 1 aliphatic rings. The highest BCUT2D eigenvalue weighted by Gasteiger charge is 2.28. The van der Waals surface area contributed by atoms with Crippen molar-refractivity contribution in [2.45, 2.75) is 25.4 Å². The number of nitrogens with two attached hydrogens (primary N) is 1. The normalized spacial score (nSPS) is 17.2. The van der Waals surface area contributed by atoms with Crippen molar-refractivity contribution in [2.24, 2.45) is 5.73 Å². The number of rotatable bonds is 6. The summed E-state index contributed by atoms with van der Waals surface area (Å²) in [6.45, 7) is 1.32. The van der Waals surface area contributed by atoms with Crippen molar-refractivity contribution in [3.05, 3.63) is 69.3 Å². The molecule has 1 heterocycles. The lowest BCUT2D eigenvalue weighted by Crippen LogP contribution is -2.23. The number of methoxy groups -OCH3 is 1. The van der Waals surface area contributed by atoms with Crippen LogP contribution in [0.4, 0.5) is 5.69 Å². The second kappa shape index (κ2) is 7.53. The first-order chi connectivity index (χ1) is 12.5. The summed E-state index contributed by atoms with van der Waals surface area (Å²) in [6.07, 6.45) is 2.03. The van der Waals surface area contributed by atoms with Gasteiger partial charge in [0, 0.05) is 29.8 Å². The molecule has 1 atom stereocenters. The molecule has 3 rings (SSSR count). The summed E-state index contributed by atoms with van der Waals surface area (Å²) < 4.78 is 5.20. The minimum atomic E-state index is -0.670. The Balaban J connectivity index is 1.85. The Bertz CT molecular complexity index is 820. The van der Waals surface area contributed by atoms with Crippen molar-refractivity contribution in [3.63, 3.8) is 0 Å². The summed E-state index contributed by atoms with van der Waals surface area (Å²) in [6, 6.07) is 12.6. The minimum absolute atomic E-state index is 0.0679. The first kappa shape index (κ1) is 17.9. The Morgan fingerprint density at radius 2 is 2.04 bits per heavy atom. The monoisotopic (exact) mass is 355 g/mol. The Morgan fingerprint density at radius 1 is 1.31 bits per heavy atom. The van der Waals surface area contributed by atoms with Crippen LogP contribution >= 0.6 is 0 Å². The van der Waals surface area contributed by atoms with Gasteiger partial charge < -0.3 is 10.5 Å². The quantitative estimate of drug-likeness (QED) is 0.634. The number of likely N-dealkylation sites (tertiary alicyclic amines) is 1. The third-order valence-electron chi connectivity index (χ3n) is 4.80. The van der Waals surface area contributed by atoms with Crippen molar-refractivity contribution in [1.82, 2.24) is 4.90 Å². The van der Waals surface area contributed by atoms with E-state index in [0.717, 1.165) is 25.1 Å². The van der Waals surface area contributed by atoms with E-state index in [1.165, 1.54) is 11.6 Å². The average Bonchev–Trinajstić information content (AvgIpc) is 3.10. The van der Waals surface area contributed by atoms with Gasteiger partial charge >= 0.3 is 0 Å². The third-order valence-corrected chi connectivity index (χ3v) is 4.80. The maximum atomic E-state index is 11.4. The first-order valence-electron chi connectivity index (χ1n) is 8.44. The summed E-state index contributed by atoms with van der Waals surface area (Å²) in [4.78, 5) is 24.5. The highest BCUT2D eigenvalue weighted by molar-refractivity contribution is 5.93. The second-order valence-electron chi connectivity index (χ2n) is 6.37. The zero-order valence-electron chi connectivity index (χ0n) is 14.6. The summed E-state index contributed by atoms with van der Waals surface area (Å²) in [5, 5.41) is 11.4. The molecular weight excluding hydrogens is 334 g/mol. The van der Waals surface area contributed by atoms with Crippen molar-refractivity contribution in [3.8, 4) is 5.75 Å². The minimum Gasteiger partial charge on any atom is -0.497 e.